The molecule has 0 amide bonds. The molecule has 0 N–H and O–H groups in total. The molecular weight excluding hydrogens is 200 g/mol. The van der Waals surface area contributed by atoms with Gasteiger partial charge in [-0.3, -0.25) is 0 Å². The Kier molecular flexibility index (Phi) is 3.30. The van der Waals surface area contributed by atoms with Crippen LogP contribution in [0.1, 0.15) is 12.8 Å². The molecule has 0 aromatic carbocycles. The van der Waals surface area contributed by atoms with Crippen LogP contribution in [-0.4, -0.2) is 12.6 Å². The van der Waals surface area contributed by atoms with E-state index in [-0.39, 0.29) is 11.8 Å². The monoisotopic (exact) mass is 214 g/mol. The summed E-state index contributed by atoms with van der Waals surface area (Å²) in [4.78, 5) is 21.8. The molecule has 2 aliphatic carbocycles. The van der Waals surface area contributed by atoms with Crippen LogP contribution in [0, 0.1) is 11.8 Å². The number of carbonyl (C=O) groups is 2. The number of allylic oxidation sites excluding steroid dienone is 8. The molecule has 2 bridgehead atoms. The van der Waals surface area contributed by atoms with Gasteiger partial charge in [0.1, 0.15) is 12.6 Å². The fourth-order valence-corrected chi connectivity index (χ4v) is 2.13. The number of carbonyl (C=O) groups excluding carboxylic acids is 2. The van der Waals surface area contributed by atoms with Crippen molar-refractivity contribution in [2.75, 3.05) is 0 Å². The van der Waals surface area contributed by atoms with Crippen molar-refractivity contribution in [2.45, 2.75) is 12.8 Å². The lowest BCUT2D eigenvalue weighted by atomic mass is 9.88. The van der Waals surface area contributed by atoms with Crippen LogP contribution in [0.2, 0.25) is 0 Å². The maximum atomic E-state index is 10.9. The molecule has 0 heterocycles. The summed E-state index contributed by atoms with van der Waals surface area (Å²) in [5.41, 5.74) is 2.30. The molecule has 0 fully saturated rings. The highest BCUT2D eigenvalue weighted by Gasteiger charge is 2.16. The molecule has 0 saturated carbocycles. The zero-order valence-corrected chi connectivity index (χ0v) is 9.00. The second kappa shape index (κ2) is 4.88. The van der Waals surface area contributed by atoms with Crippen molar-refractivity contribution in [3.63, 3.8) is 0 Å². The average Bonchev–Trinajstić information content (AvgIpc) is 2.50. The second-order valence-corrected chi connectivity index (χ2v) is 4.21. The molecule has 0 unspecified atom stereocenters. The summed E-state index contributed by atoms with van der Waals surface area (Å²) >= 11 is 0. The van der Waals surface area contributed by atoms with Gasteiger partial charge in [0.05, 0.1) is 0 Å². The molecular formula is C14H14O2. The third kappa shape index (κ3) is 2.45. The van der Waals surface area contributed by atoms with Crippen molar-refractivity contribution in [2.24, 2.45) is 11.8 Å². The van der Waals surface area contributed by atoms with E-state index in [0.717, 1.165) is 30.1 Å². The number of fused-ring (bicyclic) bond motifs is 2. The maximum absolute atomic E-state index is 10.9. The first-order valence-corrected chi connectivity index (χ1v) is 5.48. The molecule has 2 rings (SSSR count). The fraction of sp³-hybridized carbons (Fsp3) is 0.286. The Morgan fingerprint density at radius 1 is 0.938 bits per heavy atom. The van der Waals surface area contributed by atoms with Crippen molar-refractivity contribution >= 4 is 12.6 Å². The van der Waals surface area contributed by atoms with E-state index < -0.39 is 0 Å². The van der Waals surface area contributed by atoms with E-state index in [0.29, 0.717) is 6.42 Å². The van der Waals surface area contributed by atoms with E-state index >= 15 is 0 Å². The molecule has 0 aromatic rings. The molecule has 0 saturated heterocycles. The average molecular weight is 214 g/mol. The van der Waals surface area contributed by atoms with Crippen LogP contribution in [0.25, 0.3) is 0 Å². The Labute approximate surface area is 95.0 Å². The van der Waals surface area contributed by atoms with Crippen LogP contribution in [-0.2, 0) is 9.59 Å². The number of rotatable bonds is 2. The smallest absolute Gasteiger partial charge is 0.126 e. The molecule has 0 radical (unpaired) electrons. The minimum absolute atomic E-state index is 0.147. The Morgan fingerprint density at radius 3 is 1.88 bits per heavy atom. The maximum Gasteiger partial charge on any atom is 0.126 e. The van der Waals surface area contributed by atoms with Crippen molar-refractivity contribution in [3.8, 4) is 0 Å². The fourth-order valence-electron chi connectivity index (χ4n) is 2.13. The topological polar surface area (TPSA) is 34.1 Å². The lowest BCUT2D eigenvalue weighted by Crippen LogP contribution is -2.11. The Balaban J connectivity index is 2.36. The third-order valence-corrected chi connectivity index (χ3v) is 2.89. The van der Waals surface area contributed by atoms with Crippen LogP contribution in [0.3, 0.4) is 0 Å². The summed E-state index contributed by atoms with van der Waals surface area (Å²) in [6.07, 6.45) is 15.2. The number of hydrogen-bond donors (Lipinski definition) is 0. The summed E-state index contributed by atoms with van der Waals surface area (Å²) in [5.74, 6) is -0.295. The largest absolute Gasteiger partial charge is 0.303 e. The first-order valence-electron chi connectivity index (χ1n) is 5.48. The molecule has 2 nitrogen and oxygen atoms in total. The molecule has 0 aliphatic heterocycles. The lowest BCUT2D eigenvalue weighted by molar-refractivity contribution is -0.112. The van der Waals surface area contributed by atoms with Crippen LogP contribution in [0.4, 0.5) is 0 Å². The molecule has 0 aromatic heterocycles. The van der Waals surface area contributed by atoms with E-state index in [4.69, 9.17) is 0 Å². The summed E-state index contributed by atoms with van der Waals surface area (Å²) in [6, 6.07) is 0. The summed E-state index contributed by atoms with van der Waals surface area (Å²) in [5, 5.41) is 0. The molecule has 82 valence electrons. The van der Waals surface area contributed by atoms with Crippen molar-refractivity contribution in [3.05, 3.63) is 47.6 Å². The Morgan fingerprint density at radius 2 is 1.44 bits per heavy atom. The van der Waals surface area contributed by atoms with Crippen LogP contribution >= 0.6 is 0 Å². The van der Waals surface area contributed by atoms with E-state index in [9.17, 15) is 9.59 Å². The second-order valence-electron chi connectivity index (χ2n) is 4.21. The van der Waals surface area contributed by atoms with Crippen LogP contribution in [0.5, 0.6) is 0 Å². The van der Waals surface area contributed by atoms with Gasteiger partial charge in [-0.1, -0.05) is 36.5 Å². The first-order chi connectivity index (χ1) is 7.81. The first kappa shape index (κ1) is 10.8. The lowest BCUT2D eigenvalue weighted by Gasteiger charge is -2.15. The van der Waals surface area contributed by atoms with E-state index in [1.165, 1.54) is 0 Å². The van der Waals surface area contributed by atoms with E-state index in [1.807, 2.05) is 36.5 Å². The highest BCUT2D eigenvalue weighted by Crippen LogP contribution is 2.26. The van der Waals surface area contributed by atoms with Gasteiger partial charge in [0.15, 0.2) is 0 Å². The number of aldehydes is 2. The quantitative estimate of drug-likeness (QED) is 0.661. The Hall–Kier alpha value is -1.70. The van der Waals surface area contributed by atoms with Crippen LogP contribution < -0.4 is 0 Å². The predicted molar refractivity (Wildman–Crippen MR) is 62.8 cm³/mol. The minimum Gasteiger partial charge on any atom is -0.303 e. The molecule has 16 heavy (non-hydrogen) atoms. The van der Waals surface area contributed by atoms with E-state index in [2.05, 4.69) is 0 Å². The van der Waals surface area contributed by atoms with Gasteiger partial charge in [0.25, 0.3) is 0 Å². The summed E-state index contributed by atoms with van der Waals surface area (Å²) in [7, 11) is 0. The Bertz CT molecular complexity index is 372. The van der Waals surface area contributed by atoms with Gasteiger partial charge in [-0.25, -0.2) is 0 Å². The molecule has 0 spiro atoms. The standard InChI is InChI=1S/C14H14O2/c15-9-13-6-11-3-1-2-4-12(5-11)7-14(8-13)10-16/h1-4,6-7,9-10,13-14H,5,8H2/b11-6-,12-7-/t13-,14+. The zero-order chi connectivity index (χ0) is 11.4. The van der Waals surface area contributed by atoms with Gasteiger partial charge in [0.2, 0.25) is 0 Å². The predicted octanol–water partition coefficient (Wildman–Crippen LogP) is 2.39. The van der Waals surface area contributed by atoms with E-state index in [1.54, 1.807) is 0 Å². The van der Waals surface area contributed by atoms with Crippen molar-refractivity contribution < 1.29 is 9.59 Å². The highest BCUT2D eigenvalue weighted by molar-refractivity contribution is 5.63. The molecule has 2 heteroatoms. The molecule has 2 atom stereocenters. The van der Waals surface area contributed by atoms with Crippen molar-refractivity contribution in [1.82, 2.24) is 0 Å². The van der Waals surface area contributed by atoms with Gasteiger partial charge in [-0.05, 0) is 24.0 Å². The van der Waals surface area contributed by atoms with Gasteiger partial charge in [0, 0.05) is 11.8 Å². The van der Waals surface area contributed by atoms with Gasteiger partial charge in [-0.15, -0.1) is 0 Å². The third-order valence-electron chi connectivity index (χ3n) is 2.89. The highest BCUT2D eigenvalue weighted by atomic mass is 16.1. The minimum atomic E-state index is -0.147. The zero-order valence-electron chi connectivity index (χ0n) is 9.00. The van der Waals surface area contributed by atoms with Gasteiger partial charge in [-0.2, -0.15) is 0 Å². The molecule has 2 aliphatic rings. The SMILES string of the molecule is O=C[C@@H]1/C=C2/C=CC=C/C(=C/[C@H](C=O)C1)C2. The number of hydrogen-bond acceptors (Lipinski definition) is 2. The van der Waals surface area contributed by atoms with Crippen molar-refractivity contribution in [1.29, 1.82) is 0 Å². The summed E-state index contributed by atoms with van der Waals surface area (Å²) < 4.78 is 0. The normalized spacial score (nSPS) is 34.8. The summed E-state index contributed by atoms with van der Waals surface area (Å²) in [6.45, 7) is 0. The van der Waals surface area contributed by atoms with Crippen LogP contribution in [0.15, 0.2) is 47.6 Å². The van der Waals surface area contributed by atoms with Gasteiger partial charge < -0.3 is 9.59 Å². The van der Waals surface area contributed by atoms with Gasteiger partial charge >= 0.3 is 0 Å².